The summed E-state index contributed by atoms with van der Waals surface area (Å²) in [4.78, 5) is 18.1. The Labute approximate surface area is 113 Å². The van der Waals surface area contributed by atoms with Crippen LogP contribution in [-0.2, 0) is 0 Å². The second-order valence-electron chi connectivity index (χ2n) is 3.93. The van der Waals surface area contributed by atoms with E-state index in [1.54, 1.807) is 13.0 Å². The maximum Gasteiger partial charge on any atom is 0.273 e. The zero-order valence-electron chi connectivity index (χ0n) is 10.5. The van der Waals surface area contributed by atoms with Crippen LogP contribution in [-0.4, -0.2) is 20.7 Å². The molecule has 0 unspecified atom stereocenters. The van der Waals surface area contributed by atoms with E-state index in [-0.39, 0.29) is 28.8 Å². The van der Waals surface area contributed by atoms with E-state index >= 15 is 0 Å². The normalized spacial score (nSPS) is 10.1. The van der Waals surface area contributed by atoms with Crippen molar-refractivity contribution in [2.75, 3.05) is 0 Å². The Bertz CT molecular complexity index is 687. The van der Waals surface area contributed by atoms with Gasteiger partial charge in [-0.2, -0.15) is 0 Å². The number of benzene rings is 1. The second-order valence-corrected chi connectivity index (χ2v) is 3.93. The van der Waals surface area contributed by atoms with Crippen LogP contribution in [0.3, 0.4) is 0 Å². The number of hydrogen-bond acceptors (Lipinski definition) is 6. The summed E-state index contributed by atoms with van der Waals surface area (Å²) < 4.78 is 5.49. The quantitative estimate of drug-likeness (QED) is 0.378. The molecule has 8 heteroatoms. The lowest BCUT2D eigenvalue weighted by molar-refractivity contribution is -0.384. The molecule has 0 amide bonds. The fraction of sp³-hybridized carbons (Fsp3) is 0.0833. The van der Waals surface area contributed by atoms with Crippen molar-refractivity contribution in [3.05, 3.63) is 52.0 Å². The van der Waals surface area contributed by atoms with Crippen molar-refractivity contribution >= 4 is 11.5 Å². The molecular formula is C12H11N5O3. The van der Waals surface area contributed by atoms with Gasteiger partial charge in [0.1, 0.15) is 11.6 Å². The van der Waals surface area contributed by atoms with E-state index in [1.807, 2.05) is 0 Å². The molecule has 0 atom stereocenters. The molecule has 0 spiro atoms. The molecule has 1 heterocycles. The Balaban J connectivity index is 2.42. The van der Waals surface area contributed by atoms with Crippen molar-refractivity contribution in [3.8, 4) is 11.6 Å². The van der Waals surface area contributed by atoms with E-state index in [0.29, 0.717) is 5.56 Å². The number of nitro benzene ring substituents is 1. The van der Waals surface area contributed by atoms with Crippen molar-refractivity contribution < 1.29 is 9.66 Å². The minimum atomic E-state index is -0.519. The molecule has 0 saturated carbocycles. The van der Waals surface area contributed by atoms with E-state index in [4.69, 9.17) is 15.9 Å². The number of nitrogens with zero attached hydrogens (tertiary/aromatic N) is 3. The number of nitrogens with one attached hydrogen (secondary N) is 1. The van der Waals surface area contributed by atoms with Gasteiger partial charge >= 0.3 is 0 Å². The second kappa shape index (κ2) is 5.31. The fourth-order valence-corrected chi connectivity index (χ4v) is 1.50. The van der Waals surface area contributed by atoms with Crippen LogP contribution in [0, 0.1) is 22.4 Å². The highest BCUT2D eigenvalue weighted by Crippen LogP contribution is 2.28. The first-order valence-electron chi connectivity index (χ1n) is 5.57. The molecule has 0 aliphatic heterocycles. The van der Waals surface area contributed by atoms with E-state index < -0.39 is 4.92 Å². The topological polar surface area (TPSA) is 128 Å². The van der Waals surface area contributed by atoms with Gasteiger partial charge in [-0.1, -0.05) is 0 Å². The Kier molecular flexibility index (Phi) is 3.56. The monoisotopic (exact) mass is 273 g/mol. The maximum atomic E-state index is 10.8. The summed E-state index contributed by atoms with van der Waals surface area (Å²) >= 11 is 0. The van der Waals surface area contributed by atoms with Crippen LogP contribution >= 0.6 is 0 Å². The minimum absolute atomic E-state index is 0.0311. The van der Waals surface area contributed by atoms with Crippen LogP contribution in [0.25, 0.3) is 0 Å². The molecule has 0 aliphatic rings. The standard InChI is InChI=1S/C12H11N5O3/c1-7-2-3-8(17(18)19)6-9(7)20-12-10(11(13)14)15-4-5-16-12/h2-6H,1H3,(H3,13,14). The molecule has 0 saturated heterocycles. The van der Waals surface area contributed by atoms with Crippen molar-refractivity contribution in [2.24, 2.45) is 5.73 Å². The number of non-ortho nitro benzene ring substituents is 1. The number of nitrogen functional groups attached to an aromatic ring is 1. The van der Waals surface area contributed by atoms with Crippen molar-refractivity contribution in [1.29, 1.82) is 5.41 Å². The van der Waals surface area contributed by atoms with Crippen LogP contribution in [0.2, 0.25) is 0 Å². The molecule has 3 N–H and O–H groups in total. The summed E-state index contributed by atoms with van der Waals surface area (Å²) in [6, 6.07) is 4.23. The van der Waals surface area contributed by atoms with Crippen LogP contribution < -0.4 is 10.5 Å². The largest absolute Gasteiger partial charge is 0.436 e. The molecule has 8 nitrogen and oxygen atoms in total. The van der Waals surface area contributed by atoms with Gasteiger partial charge in [-0.15, -0.1) is 0 Å². The predicted molar refractivity (Wildman–Crippen MR) is 71.0 cm³/mol. The zero-order valence-corrected chi connectivity index (χ0v) is 10.5. The number of nitro groups is 1. The number of aromatic nitrogens is 2. The first kappa shape index (κ1) is 13.4. The molecule has 20 heavy (non-hydrogen) atoms. The number of aryl methyl sites for hydroxylation is 1. The summed E-state index contributed by atoms with van der Waals surface area (Å²) in [5, 5.41) is 18.2. The van der Waals surface area contributed by atoms with Crippen LogP contribution in [0.4, 0.5) is 5.69 Å². The molecule has 2 aromatic rings. The Morgan fingerprint density at radius 1 is 1.40 bits per heavy atom. The Morgan fingerprint density at radius 3 is 2.75 bits per heavy atom. The van der Waals surface area contributed by atoms with Crippen molar-refractivity contribution in [3.63, 3.8) is 0 Å². The lowest BCUT2D eigenvalue weighted by Crippen LogP contribution is -2.15. The number of nitrogens with two attached hydrogens (primary N) is 1. The third-order valence-electron chi connectivity index (χ3n) is 2.51. The smallest absolute Gasteiger partial charge is 0.273 e. The lowest BCUT2D eigenvalue weighted by Gasteiger charge is -2.09. The summed E-state index contributed by atoms with van der Waals surface area (Å²) in [5.74, 6) is 0.00184. The molecule has 102 valence electrons. The highest BCUT2D eigenvalue weighted by atomic mass is 16.6. The fourth-order valence-electron chi connectivity index (χ4n) is 1.50. The first-order chi connectivity index (χ1) is 9.49. The third kappa shape index (κ3) is 2.69. The van der Waals surface area contributed by atoms with E-state index in [2.05, 4.69) is 9.97 Å². The molecular weight excluding hydrogens is 262 g/mol. The third-order valence-corrected chi connectivity index (χ3v) is 2.51. The van der Waals surface area contributed by atoms with Crippen molar-refractivity contribution in [1.82, 2.24) is 9.97 Å². The van der Waals surface area contributed by atoms with E-state index in [9.17, 15) is 10.1 Å². The van der Waals surface area contributed by atoms with Gasteiger partial charge in [-0.05, 0) is 18.6 Å². The Hall–Kier alpha value is -3.03. The van der Waals surface area contributed by atoms with Gasteiger partial charge in [-0.3, -0.25) is 15.5 Å². The lowest BCUT2D eigenvalue weighted by atomic mass is 10.2. The van der Waals surface area contributed by atoms with Crippen LogP contribution in [0.5, 0.6) is 11.6 Å². The molecule has 0 bridgehead atoms. The number of ether oxygens (including phenoxy) is 1. The first-order valence-corrected chi connectivity index (χ1v) is 5.57. The Morgan fingerprint density at radius 2 is 2.10 bits per heavy atom. The average Bonchev–Trinajstić information content (AvgIpc) is 2.41. The van der Waals surface area contributed by atoms with Crippen LogP contribution in [0.15, 0.2) is 30.6 Å². The molecule has 1 aromatic heterocycles. The minimum Gasteiger partial charge on any atom is -0.436 e. The number of hydrogen-bond donors (Lipinski definition) is 2. The summed E-state index contributed by atoms with van der Waals surface area (Å²) in [6.45, 7) is 1.74. The highest BCUT2D eigenvalue weighted by Gasteiger charge is 2.14. The van der Waals surface area contributed by atoms with Gasteiger partial charge in [0.25, 0.3) is 5.69 Å². The van der Waals surface area contributed by atoms with Gasteiger partial charge in [0.2, 0.25) is 5.88 Å². The number of rotatable bonds is 4. The summed E-state index contributed by atoms with van der Waals surface area (Å²) in [7, 11) is 0. The molecule has 1 aromatic carbocycles. The van der Waals surface area contributed by atoms with Gasteiger partial charge in [0.05, 0.1) is 11.0 Å². The predicted octanol–water partition coefficient (Wildman–Crippen LogP) is 1.77. The van der Waals surface area contributed by atoms with E-state index in [1.165, 1.54) is 24.5 Å². The maximum absolute atomic E-state index is 10.8. The molecule has 0 radical (unpaired) electrons. The van der Waals surface area contributed by atoms with Gasteiger partial charge in [0, 0.05) is 18.5 Å². The van der Waals surface area contributed by atoms with Crippen LogP contribution in [0.1, 0.15) is 11.3 Å². The van der Waals surface area contributed by atoms with Gasteiger partial charge in [0.15, 0.2) is 5.69 Å². The van der Waals surface area contributed by atoms with Gasteiger partial charge in [-0.25, -0.2) is 9.97 Å². The number of amidine groups is 1. The molecule has 0 fully saturated rings. The van der Waals surface area contributed by atoms with Gasteiger partial charge < -0.3 is 10.5 Å². The SMILES string of the molecule is Cc1ccc([N+](=O)[O-])cc1Oc1nccnc1C(=N)N. The summed E-state index contributed by atoms with van der Waals surface area (Å²) in [5.41, 5.74) is 6.05. The van der Waals surface area contributed by atoms with E-state index in [0.717, 1.165) is 0 Å². The highest BCUT2D eigenvalue weighted by molar-refractivity contribution is 5.95. The summed E-state index contributed by atoms with van der Waals surface area (Å²) in [6.07, 6.45) is 2.76. The molecule has 0 aliphatic carbocycles. The average molecular weight is 273 g/mol. The molecule has 2 rings (SSSR count). The zero-order chi connectivity index (χ0) is 14.7. The van der Waals surface area contributed by atoms with Crippen molar-refractivity contribution in [2.45, 2.75) is 6.92 Å².